The predicted molar refractivity (Wildman–Crippen MR) is 71.0 cm³/mol. The van der Waals surface area contributed by atoms with E-state index in [0.717, 1.165) is 25.7 Å². The summed E-state index contributed by atoms with van der Waals surface area (Å²) in [7, 11) is 2.29. The van der Waals surface area contributed by atoms with Gasteiger partial charge in [-0.25, -0.2) is 0 Å². The van der Waals surface area contributed by atoms with Crippen molar-refractivity contribution in [1.82, 2.24) is 4.90 Å². The lowest BCUT2D eigenvalue weighted by atomic mass is 9.74. The van der Waals surface area contributed by atoms with Crippen molar-refractivity contribution in [2.24, 2.45) is 11.7 Å². The highest BCUT2D eigenvalue weighted by Gasteiger charge is 2.40. The van der Waals surface area contributed by atoms with E-state index in [2.05, 4.69) is 18.9 Å². The summed E-state index contributed by atoms with van der Waals surface area (Å²) in [5.41, 5.74) is 6.40. The van der Waals surface area contributed by atoms with Crippen molar-refractivity contribution in [1.29, 1.82) is 0 Å². The first-order valence-electron chi connectivity index (χ1n) is 7.19. The summed E-state index contributed by atoms with van der Waals surface area (Å²) in [6.07, 6.45) is 7.62. The molecule has 2 unspecified atom stereocenters. The third kappa shape index (κ3) is 2.83. The van der Waals surface area contributed by atoms with E-state index in [1.165, 1.54) is 38.5 Å². The topological polar surface area (TPSA) is 38.5 Å². The van der Waals surface area contributed by atoms with Crippen molar-refractivity contribution >= 4 is 0 Å². The van der Waals surface area contributed by atoms with Crippen LogP contribution in [0.4, 0.5) is 0 Å². The summed E-state index contributed by atoms with van der Waals surface area (Å²) in [5.74, 6) is 0.828. The van der Waals surface area contributed by atoms with Crippen LogP contribution in [0.25, 0.3) is 0 Å². The standard InChI is InChI=1S/C14H28N2O/c1-12-4-3-7-14(10-12,11-15)16(2)13-5-8-17-9-6-13/h12-13H,3-11,15H2,1-2H3. The van der Waals surface area contributed by atoms with Crippen LogP contribution in [-0.2, 0) is 4.74 Å². The molecule has 0 aromatic heterocycles. The highest BCUT2D eigenvalue weighted by molar-refractivity contribution is 4.97. The third-order valence-electron chi connectivity index (χ3n) is 4.93. The molecule has 100 valence electrons. The fourth-order valence-corrected chi connectivity index (χ4v) is 3.74. The zero-order chi connectivity index (χ0) is 12.3. The Kier molecular flexibility index (Phi) is 4.45. The number of hydrogen-bond acceptors (Lipinski definition) is 3. The smallest absolute Gasteiger partial charge is 0.0480 e. The molecule has 2 fully saturated rings. The van der Waals surface area contributed by atoms with Crippen LogP contribution in [0.15, 0.2) is 0 Å². The largest absolute Gasteiger partial charge is 0.381 e. The van der Waals surface area contributed by atoms with Crippen LogP contribution in [0.2, 0.25) is 0 Å². The van der Waals surface area contributed by atoms with E-state index in [1.54, 1.807) is 0 Å². The van der Waals surface area contributed by atoms with Gasteiger partial charge >= 0.3 is 0 Å². The van der Waals surface area contributed by atoms with Crippen LogP contribution in [0, 0.1) is 5.92 Å². The average molecular weight is 240 g/mol. The zero-order valence-corrected chi connectivity index (χ0v) is 11.5. The maximum atomic E-state index is 6.14. The third-order valence-corrected chi connectivity index (χ3v) is 4.93. The van der Waals surface area contributed by atoms with Gasteiger partial charge in [0, 0.05) is 31.3 Å². The molecule has 1 saturated heterocycles. The molecule has 2 aliphatic rings. The number of hydrogen-bond donors (Lipinski definition) is 1. The van der Waals surface area contributed by atoms with E-state index < -0.39 is 0 Å². The lowest BCUT2D eigenvalue weighted by molar-refractivity contribution is -0.0233. The quantitative estimate of drug-likeness (QED) is 0.820. The van der Waals surface area contributed by atoms with E-state index in [9.17, 15) is 0 Å². The van der Waals surface area contributed by atoms with Crippen molar-refractivity contribution in [3.63, 3.8) is 0 Å². The number of rotatable bonds is 3. The summed E-state index contributed by atoms with van der Waals surface area (Å²) >= 11 is 0. The molecule has 2 atom stereocenters. The molecular formula is C14H28N2O. The molecule has 0 amide bonds. The number of nitrogens with two attached hydrogens (primary N) is 1. The molecule has 0 radical (unpaired) electrons. The van der Waals surface area contributed by atoms with E-state index in [-0.39, 0.29) is 5.54 Å². The van der Waals surface area contributed by atoms with Gasteiger partial charge in [0.1, 0.15) is 0 Å². The molecule has 1 aliphatic heterocycles. The summed E-state index contributed by atoms with van der Waals surface area (Å²) in [4.78, 5) is 2.60. The lowest BCUT2D eigenvalue weighted by Crippen LogP contribution is -2.58. The predicted octanol–water partition coefficient (Wildman–Crippen LogP) is 2.00. The van der Waals surface area contributed by atoms with Gasteiger partial charge in [-0.2, -0.15) is 0 Å². The van der Waals surface area contributed by atoms with E-state index >= 15 is 0 Å². The highest BCUT2D eigenvalue weighted by Crippen LogP contribution is 2.37. The monoisotopic (exact) mass is 240 g/mol. The van der Waals surface area contributed by atoms with Gasteiger partial charge < -0.3 is 10.5 Å². The van der Waals surface area contributed by atoms with Gasteiger partial charge in [0.15, 0.2) is 0 Å². The first-order chi connectivity index (χ1) is 8.18. The van der Waals surface area contributed by atoms with Crippen LogP contribution in [0.5, 0.6) is 0 Å². The van der Waals surface area contributed by atoms with Crippen LogP contribution in [-0.4, -0.2) is 43.3 Å². The molecule has 17 heavy (non-hydrogen) atoms. The minimum Gasteiger partial charge on any atom is -0.381 e. The van der Waals surface area contributed by atoms with Crippen molar-refractivity contribution in [2.75, 3.05) is 26.8 Å². The molecule has 0 spiro atoms. The fraction of sp³-hybridized carbons (Fsp3) is 1.00. The number of ether oxygens (including phenoxy) is 1. The molecule has 1 heterocycles. The Hall–Kier alpha value is -0.120. The van der Waals surface area contributed by atoms with Gasteiger partial charge in [-0.3, -0.25) is 4.90 Å². The van der Waals surface area contributed by atoms with Crippen LogP contribution >= 0.6 is 0 Å². The van der Waals surface area contributed by atoms with Crippen LogP contribution in [0.3, 0.4) is 0 Å². The second-order valence-corrected chi connectivity index (χ2v) is 6.08. The van der Waals surface area contributed by atoms with E-state index in [0.29, 0.717) is 6.04 Å². The molecule has 0 aromatic carbocycles. The van der Waals surface area contributed by atoms with Crippen molar-refractivity contribution < 1.29 is 4.74 Å². The van der Waals surface area contributed by atoms with Crippen molar-refractivity contribution in [2.45, 2.75) is 57.0 Å². The highest BCUT2D eigenvalue weighted by atomic mass is 16.5. The fourth-order valence-electron chi connectivity index (χ4n) is 3.74. The van der Waals surface area contributed by atoms with Crippen LogP contribution < -0.4 is 5.73 Å². The molecule has 3 nitrogen and oxygen atoms in total. The summed E-state index contributed by atoms with van der Waals surface area (Å²) in [6.45, 7) is 5.03. The summed E-state index contributed by atoms with van der Waals surface area (Å²) < 4.78 is 5.47. The first-order valence-corrected chi connectivity index (χ1v) is 7.19. The first kappa shape index (κ1) is 13.3. The SMILES string of the molecule is CC1CCCC(CN)(N(C)C2CCOCC2)C1. The molecule has 0 aromatic rings. The van der Waals surface area contributed by atoms with Gasteiger partial charge in [-0.05, 0) is 38.6 Å². The van der Waals surface area contributed by atoms with Crippen LogP contribution in [0.1, 0.15) is 45.4 Å². The molecule has 0 bridgehead atoms. The average Bonchev–Trinajstić information content (AvgIpc) is 2.38. The Morgan fingerprint density at radius 3 is 2.59 bits per heavy atom. The Morgan fingerprint density at radius 1 is 1.29 bits per heavy atom. The van der Waals surface area contributed by atoms with Gasteiger partial charge in [0.05, 0.1) is 0 Å². The lowest BCUT2D eigenvalue weighted by Gasteiger charge is -2.50. The molecule has 2 rings (SSSR count). The molecule has 3 heteroatoms. The molecular weight excluding hydrogens is 212 g/mol. The van der Waals surface area contributed by atoms with E-state index in [4.69, 9.17) is 10.5 Å². The Bertz CT molecular complexity index is 240. The summed E-state index contributed by atoms with van der Waals surface area (Å²) in [5, 5.41) is 0. The Labute approximate surface area is 106 Å². The number of likely N-dealkylation sites (N-methyl/N-ethyl adjacent to an activating group) is 1. The normalized spacial score (nSPS) is 36.4. The maximum absolute atomic E-state index is 6.14. The van der Waals surface area contributed by atoms with Gasteiger partial charge in [-0.15, -0.1) is 0 Å². The second-order valence-electron chi connectivity index (χ2n) is 6.08. The van der Waals surface area contributed by atoms with Gasteiger partial charge in [0.25, 0.3) is 0 Å². The molecule has 1 saturated carbocycles. The van der Waals surface area contributed by atoms with E-state index in [1.807, 2.05) is 0 Å². The molecule has 1 aliphatic carbocycles. The van der Waals surface area contributed by atoms with Gasteiger partial charge in [0.2, 0.25) is 0 Å². The molecule has 2 N–H and O–H groups in total. The Morgan fingerprint density at radius 2 is 2.00 bits per heavy atom. The Balaban J connectivity index is 2.04. The second kappa shape index (κ2) is 5.68. The minimum absolute atomic E-state index is 0.264. The van der Waals surface area contributed by atoms with Gasteiger partial charge in [-0.1, -0.05) is 19.8 Å². The zero-order valence-electron chi connectivity index (χ0n) is 11.5. The minimum atomic E-state index is 0.264. The maximum Gasteiger partial charge on any atom is 0.0480 e. The summed E-state index contributed by atoms with van der Waals surface area (Å²) in [6, 6.07) is 0.678. The van der Waals surface area contributed by atoms with Crippen molar-refractivity contribution in [3.8, 4) is 0 Å². The number of nitrogens with zero attached hydrogens (tertiary/aromatic N) is 1. The van der Waals surface area contributed by atoms with Crippen molar-refractivity contribution in [3.05, 3.63) is 0 Å².